The number of nitrogens with zero attached hydrogens (tertiary/aromatic N) is 3. The number of fused-ring (bicyclic) bond motifs is 4. The molecule has 138 valence electrons. The molecule has 0 fully saturated rings. The Morgan fingerprint density at radius 3 is 2.93 bits per heavy atom. The predicted octanol–water partition coefficient (Wildman–Crippen LogP) is 3.76. The van der Waals surface area contributed by atoms with Crippen LogP contribution in [0.2, 0.25) is 0 Å². The molecule has 0 saturated carbocycles. The van der Waals surface area contributed by atoms with E-state index in [9.17, 15) is 4.79 Å². The number of aromatic nitrogens is 3. The van der Waals surface area contributed by atoms with Gasteiger partial charge in [-0.05, 0) is 48.4 Å². The third-order valence-electron chi connectivity index (χ3n) is 5.55. The van der Waals surface area contributed by atoms with Crippen LogP contribution in [0.4, 0.5) is 0 Å². The van der Waals surface area contributed by atoms with Gasteiger partial charge in [0, 0.05) is 17.8 Å². The van der Waals surface area contributed by atoms with E-state index in [1.54, 1.807) is 11.3 Å². The van der Waals surface area contributed by atoms with Crippen molar-refractivity contribution in [2.75, 3.05) is 0 Å². The molecule has 2 aliphatic rings. The smallest absolute Gasteiger partial charge is 0.261 e. The Hall–Kier alpha value is -2.47. The SMILES string of the molecule is O=C(NCc1nnc2n1CCCCC2)c1cc2c(s1)-c1ccccc1CC2. The zero-order valence-electron chi connectivity index (χ0n) is 15.2. The predicted molar refractivity (Wildman–Crippen MR) is 106 cm³/mol. The van der Waals surface area contributed by atoms with Crippen molar-refractivity contribution in [3.63, 3.8) is 0 Å². The van der Waals surface area contributed by atoms with Gasteiger partial charge in [-0.2, -0.15) is 0 Å². The molecule has 0 spiro atoms. The van der Waals surface area contributed by atoms with Crippen molar-refractivity contribution in [1.82, 2.24) is 20.1 Å². The Kier molecular flexibility index (Phi) is 4.28. The van der Waals surface area contributed by atoms with E-state index in [0.29, 0.717) is 6.54 Å². The lowest BCUT2D eigenvalue weighted by Gasteiger charge is -2.15. The summed E-state index contributed by atoms with van der Waals surface area (Å²) >= 11 is 1.60. The molecular formula is C21H22N4OS. The number of benzene rings is 1. The van der Waals surface area contributed by atoms with E-state index in [2.05, 4.69) is 50.4 Å². The molecule has 1 N–H and O–H groups in total. The highest BCUT2D eigenvalue weighted by atomic mass is 32.1. The monoisotopic (exact) mass is 378 g/mol. The quantitative estimate of drug-likeness (QED) is 0.755. The first-order chi connectivity index (χ1) is 13.3. The van der Waals surface area contributed by atoms with Crippen molar-refractivity contribution in [3.8, 4) is 10.4 Å². The number of thiophene rings is 1. The highest BCUT2D eigenvalue weighted by Gasteiger charge is 2.22. The number of hydrogen-bond donors (Lipinski definition) is 1. The largest absolute Gasteiger partial charge is 0.344 e. The van der Waals surface area contributed by atoms with Gasteiger partial charge in [0.25, 0.3) is 5.91 Å². The minimum atomic E-state index is -0.0159. The normalized spacial score (nSPS) is 15.4. The summed E-state index contributed by atoms with van der Waals surface area (Å²) in [5, 5.41) is 11.7. The second-order valence-corrected chi connectivity index (χ2v) is 8.35. The topological polar surface area (TPSA) is 59.8 Å². The standard InChI is InChI=1S/C21H22N4OS/c26-21(22-13-19-24-23-18-8-2-1-5-11-25(18)19)17-12-15-10-9-14-6-3-4-7-16(14)20(15)27-17/h3-4,6-7,12H,1-2,5,8-11,13H2,(H,22,26). The Balaban J connectivity index is 1.33. The van der Waals surface area contributed by atoms with E-state index in [0.717, 1.165) is 48.8 Å². The van der Waals surface area contributed by atoms with E-state index in [1.165, 1.54) is 34.4 Å². The van der Waals surface area contributed by atoms with Gasteiger partial charge in [0.15, 0.2) is 5.82 Å². The van der Waals surface area contributed by atoms with Crippen molar-refractivity contribution in [2.45, 2.75) is 51.6 Å². The fraction of sp³-hybridized carbons (Fsp3) is 0.381. The van der Waals surface area contributed by atoms with Crippen LogP contribution in [0, 0.1) is 0 Å². The minimum Gasteiger partial charge on any atom is -0.344 e. The fourth-order valence-corrected chi connectivity index (χ4v) is 5.29. The number of aryl methyl sites for hydroxylation is 3. The van der Waals surface area contributed by atoms with Crippen molar-refractivity contribution < 1.29 is 4.79 Å². The molecule has 1 amide bonds. The molecule has 0 saturated heterocycles. The lowest BCUT2D eigenvalue weighted by Crippen LogP contribution is -2.24. The number of amides is 1. The maximum atomic E-state index is 12.7. The van der Waals surface area contributed by atoms with Gasteiger partial charge >= 0.3 is 0 Å². The van der Waals surface area contributed by atoms with Crippen LogP contribution in [-0.4, -0.2) is 20.7 Å². The summed E-state index contributed by atoms with van der Waals surface area (Å²) in [7, 11) is 0. The second kappa shape index (κ2) is 6.93. The van der Waals surface area contributed by atoms with Crippen LogP contribution in [0.15, 0.2) is 30.3 Å². The third kappa shape index (κ3) is 3.08. The highest BCUT2D eigenvalue weighted by Crippen LogP contribution is 2.39. The first-order valence-electron chi connectivity index (χ1n) is 9.70. The molecule has 1 aliphatic heterocycles. The van der Waals surface area contributed by atoms with E-state index in [-0.39, 0.29) is 5.91 Å². The number of rotatable bonds is 3. The number of hydrogen-bond acceptors (Lipinski definition) is 4. The van der Waals surface area contributed by atoms with Gasteiger partial charge < -0.3 is 9.88 Å². The molecule has 5 rings (SSSR count). The fourth-order valence-electron chi connectivity index (χ4n) is 4.11. The molecule has 5 nitrogen and oxygen atoms in total. The van der Waals surface area contributed by atoms with E-state index < -0.39 is 0 Å². The highest BCUT2D eigenvalue weighted by molar-refractivity contribution is 7.17. The molecule has 2 aromatic heterocycles. The summed E-state index contributed by atoms with van der Waals surface area (Å²) in [5.41, 5.74) is 3.95. The molecule has 0 radical (unpaired) electrons. The number of carbonyl (C=O) groups is 1. The minimum absolute atomic E-state index is 0.0159. The van der Waals surface area contributed by atoms with Crippen LogP contribution in [0.3, 0.4) is 0 Å². The second-order valence-electron chi connectivity index (χ2n) is 7.30. The first-order valence-corrected chi connectivity index (χ1v) is 10.5. The average molecular weight is 379 g/mol. The van der Waals surface area contributed by atoms with Gasteiger partial charge in [-0.3, -0.25) is 4.79 Å². The molecule has 3 aromatic rings. The molecule has 0 unspecified atom stereocenters. The molecule has 0 bridgehead atoms. The van der Waals surface area contributed by atoms with Gasteiger partial charge in [-0.15, -0.1) is 21.5 Å². The van der Waals surface area contributed by atoms with E-state index >= 15 is 0 Å². The maximum absolute atomic E-state index is 12.7. The lowest BCUT2D eigenvalue weighted by molar-refractivity contribution is 0.0953. The summed E-state index contributed by atoms with van der Waals surface area (Å²) in [6.45, 7) is 1.39. The lowest BCUT2D eigenvalue weighted by atomic mass is 9.91. The van der Waals surface area contributed by atoms with Crippen LogP contribution in [0.5, 0.6) is 0 Å². The molecule has 1 aromatic carbocycles. The van der Waals surface area contributed by atoms with Gasteiger partial charge in [0.1, 0.15) is 5.82 Å². The zero-order chi connectivity index (χ0) is 18.2. The Bertz CT molecular complexity index is 1000. The summed E-state index contributed by atoms with van der Waals surface area (Å²) in [6.07, 6.45) is 6.60. The van der Waals surface area contributed by atoms with E-state index in [4.69, 9.17) is 0 Å². The van der Waals surface area contributed by atoms with Gasteiger partial charge in [-0.25, -0.2) is 0 Å². The molecule has 1 aliphatic carbocycles. The average Bonchev–Trinajstić information content (AvgIpc) is 3.23. The van der Waals surface area contributed by atoms with Crippen molar-refractivity contribution >= 4 is 17.2 Å². The van der Waals surface area contributed by atoms with Crippen LogP contribution >= 0.6 is 11.3 Å². The first kappa shape index (κ1) is 16.7. The molecular weight excluding hydrogens is 356 g/mol. The number of carbonyl (C=O) groups excluding carboxylic acids is 1. The van der Waals surface area contributed by atoms with Gasteiger partial charge in [0.05, 0.1) is 11.4 Å². The molecule has 0 atom stereocenters. The van der Waals surface area contributed by atoms with Crippen molar-refractivity contribution in [1.29, 1.82) is 0 Å². The molecule has 27 heavy (non-hydrogen) atoms. The summed E-state index contributed by atoms with van der Waals surface area (Å²) in [6, 6.07) is 10.6. The maximum Gasteiger partial charge on any atom is 0.261 e. The van der Waals surface area contributed by atoms with Crippen molar-refractivity contribution in [3.05, 3.63) is 58.0 Å². The van der Waals surface area contributed by atoms with Crippen LogP contribution in [0.25, 0.3) is 10.4 Å². The third-order valence-corrected chi connectivity index (χ3v) is 6.76. The van der Waals surface area contributed by atoms with Gasteiger partial charge in [0.2, 0.25) is 0 Å². The summed E-state index contributed by atoms with van der Waals surface area (Å²) < 4.78 is 2.18. The molecule has 6 heteroatoms. The van der Waals surface area contributed by atoms with Crippen LogP contribution < -0.4 is 5.32 Å². The Morgan fingerprint density at radius 2 is 1.96 bits per heavy atom. The molecule has 3 heterocycles. The van der Waals surface area contributed by atoms with Crippen LogP contribution in [-0.2, 0) is 32.4 Å². The summed E-state index contributed by atoms with van der Waals surface area (Å²) in [5.74, 6) is 1.91. The zero-order valence-corrected chi connectivity index (χ0v) is 16.0. The van der Waals surface area contributed by atoms with Crippen LogP contribution in [0.1, 0.15) is 51.7 Å². The number of nitrogens with one attached hydrogen (secondary N) is 1. The van der Waals surface area contributed by atoms with Gasteiger partial charge in [-0.1, -0.05) is 30.7 Å². The summed E-state index contributed by atoms with van der Waals surface area (Å²) in [4.78, 5) is 14.8. The Morgan fingerprint density at radius 1 is 1.07 bits per heavy atom. The van der Waals surface area contributed by atoms with E-state index in [1.807, 2.05) is 0 Å². The van der Waals surface area contributed by atoms with Crippen molar-refractivity contribution in [2.24, 2.45) is 0 Å². The Labute approximate surface area is 162 Å².